The van der Waals surface area contributed by atoms with E-state index in [0.29, 0.717) is 30.0 Å². The molecule has 31 heavy (non-hydrogen) atoms. The Labute approximate surface area is 187 Å². The van der Waals surface area contributed by atoms with E-state index in [1.54, 1.807) is 7.11 Å². The maximum atomic E-state index is 5.76. The Morgan fingerprint density at radius 2 is 1.87 bits per heavy atom. The molecule has 1 aliphatic rings. The van der Waals surface area contributed by atoms with Gasteiger partial charge in [0, 0.05) is 24.9 Å². The van der Waals surface area contributed by atoms with Crippen molar-refractivity contribution in [1.29, 1.82) is 0 Å². The molecule has 0 fully saturated rings. The number of thiocarbonyl (C=S) groups is 1. The van der Waals surface area contributed by atoms with Gasteiger partial charge in [-0.3, -0.25) is 0 Å². The molecular formula is C24H26N4O2S. The van der Waals surface area contributed by atoms with E-state index < -0.39 is 0 Å². The van der Waals surface area contributed by atoms with Gasteiger partial charge in [0.25, 0.3) is 5.89 Å². The lowest BCUT2D eigenvalue weighted by Gasteiger charge is -2.37. The molecule has 2 aromatic carbocycles. The smallest absolute Gasteiger partial charge is 0.258 e. The molecule has 160 valence electrons. The number of rotatable bonds is 6. The summed E-state index contributed by atoms with van der Waals surface area (Å²) in [5.41, 5.74) is 6.38. The van der Waals surface area contributed by atoms with Gasteiger partial charge in [-0.1, -0.05) is 53.7 Å². The van der Waals surface area contributed by atoms with Crippen molar-refractivity contribution in [3.05, 3.63) is 76.8 Å². The summed E-state index contributed by atoms with van der Waals surface area (Å²) >= 11 is 5.70. The fourth-order valence-electron chi connectivity index (χ4n) is 3.74. The third-order valence-electron chi connectivity index (χ3n) is 5.67. The van der Waals surface area contributed by atoms with Crippen molar-refractivity contribution in [2.24, 2.45) is 0 Å². The molecular weight excluding hydrogens is 408 g/mol. The number of hydrogen-bond donors (Lipinski definition) is 1. The number of allylic oxidation sites excluding steroid dienone is 1. The zero-order valence-electron chi connectivity index (χ0n) is 18.2. The number of nitrogens with one attached hydrogen (secondary N) is 1. The Kier molecular flexibility index (Phi) is 6.15. The van der Waals surface area contributed by atoms with E-state index in [2.05, 4.69) is 42.5 Å². The van der Waals surface area contributed by atoms with E-state index in [0.717, 1.165) is 22.4 Å². The molecule has 4 rings (SSSR count). The van der Waals surface area contributed by atoms with E-state index in [1.807, 2.05) is 42.2 Å². The van der Waals surface area contributed by atoms with Gasteiger partial charge in [-0.25, -0.2) is 0 Å². The number of nitrogens with zero attached hydrogens (tertiary/aromatic N) is 3. The van der Waals surface area contributed by atoms with Gasteiger partial charge < -0.3 is 19.5 Å². The molecule has 3 aromatic rings. The zero-order chi connectivity index (χ0) is 22.0. The number of aromatic nitrogens is 2. The van der Waals surface area contributed by atoms with Crippen LogP contribution in [0.15, 0.2) is 58.8 Å². The minimum Gasteiger partial charge on any atom is -0.383 e. The van der Waals surface area contributed by atoms with Crippen molar-refractivity contribution >= 4 is 22.9 Å². The van der Waals surface area contributed by atoms with Crippen LogP contribution in [0.2, 0.25) is 0 Å². The topological polar surface area (TPSA) is 63.4 Å². The van der Waals surface area contributed by atoms with Gasteiger partial charge in [0.05, 0.1) is 18.2 Å². The number of methoxy groups -OCH3 is 1. The van der Waals surface area contributed by atoms with Crippen LogP contribution in [-0.4, -0.2) is 40.4 Å². The maximum Gasteiger partial charge on any atom is 0.258 e. The van der Waals surface area contributed by atoms with Gasteiger partial charge in [0.1, 0.15) is 0 Å². The molecule has 1 aromatic heterocycles. The van der Waals surface area contributed by atoms with E-state index in [9.17, 15) is 0 Å². The Hall–Kier alpha value is -3.03. The summed E-state index contributed by atoms with van der Waals surface area (Å²) < 4.78 is 11.0. The molecule has 0 bridgehead atoms. The van der Waals surface area contributed by atoms with Crippen LogP contribution in [0, 0.1) is 13.8 Å². The average Bonchev–Trinajstić information content (AvgIpc) is 3.25. The molecule has 0 saturated carbocycles. The zero-order valence-corrected chi connectivity index (χ0v) is 19.0. The monoisotopic (exact) mass is 434 g/mol. The molecule has 6 nitrogen and oxygen atoms in total. The molecule has 7 heteroatoms. The summed E-state index contributed by atoms with van der Waals surface area (Å²) in [6.45, 7) is 7.45. The lowest BCUT2D eigenvalue weighted by Crippen LogP contribution is -2.47. The quantitative estimate of drug-likeness (QED) is 0.566. The Morgan fingerprint density at radius 1 is 1.10 bits per heavy atom. The van der Waals surface area contributed by atoms with Crippen LogP contribution in [-0.2, 0) is 4.74 Å². The number of ether oxygens (including phenoxy) is 1. The highest BCUT2D eigenvalue weighted by molar-refractivity contribution is 7.80. The largest absolute Gasteiger partial charge is 0.383 e. The van der Waals surface area contributed by atoms with E-state index in [4.69, 9.17) is 26.5 Å². The molecule has 1 unspecified atom stereocenters. The first-order valence-corrected chi connectivity index (χ1v) is 10.6. The Bertz CT molecular complexity index is 1120. The maximum absolute atomic E-state index is 5.76. The predicted octanol–water partition coefficient (Wildman–Crippen LogP) is 4.66. The van der Waals surface area contributed by atoms with E-state index in [1.165, 1.54) is 11.1 Å². The van der Waals surface area contributed by atoms with Gasteiger partial charge in [-0.2, -0.15) is 4.98 Å². The van der Waals surface area contributed by atoms with Crippen LogP contribution < -0.4 is 5.32 Å². The minimum atomic E-state index is -0.185. The molecule has 0 amide bonds. The first-order chi connectivity index (χ1) is 15.0. The molecule has 0 aliphatic carbocycles. The van der Waals surface area contributed by atoms with Crippen LogP contribution in [0.4, 0.5) is 0 Å². The summed E-state index contributed by atoms with van der Waals surface area (Å²) in [7, 11) is 1.68. The SMILES string of the molecule is COCCN1C(=S)NC(c2ccc(C)c(C)c2)C(c2nc(-c3ccccc3)no2)=C1C. The molecule has 0 radical (unpaired) electrons. The predicted molar refractivity (Wildman–Crippen MR) is 125 cm³/mol. The highest BCUT2D eigenvalue weighted by Crippen LogP contribution is 2.37. The average molecular weight is 435 g/mol. The van der Waals surface area contributed by atoms with Crippen molar-refractivity contribution in [2.75, 3.05) is 20.3 Å². The third kappa shape index (κ3) is 4.24. The second-order valence-corrected chi connectivity index (χ2v) is 8.05. The molecule has 2 heterocycles. The van der Waals surface area contributed by atoms with E-state index >= 15 is 0 Å². The minimum absolute atomic E-state index is 0.185. The summed E-state index contributed by atoms with van der Waals surface area (Å²) in [5, 5.41) is 8.38. The Morgan fingerprint density at radius 3 is 2.58 bits per heavy atom. The van der Waals surface area contributed by atoms with Crippen LogP contribution in [0.25, 0.3) is 17.0 Å². The van der Waals surface area contributed by atoms with Crippen LogP contribution in [0.3, 0.4) is 0 Å². The summed E-state index contributed by atoms with van der Waals surface area (Å²) in [4.78, 5) is 6.76. The van der Waals surface area contributed by atoms with Crippen LogP contribution >= 0.6 is 12.2 Å². The van der Waals surface area contributed by atoms with Crippen LogP contribution in [0.1, 0.15) is 35.5 Å². The van der Waals surface area contributed by atoms with E-state index in [-0.39, 0.29) is 6.04 Å². The highest BCUT2D eigenvalue weighted by atomic mass is 32.1. The third-order valence-corrected chi connectivity index (χ3v) is 6.01. The second-order valence-electron chi connectivity index (χ2n) is 7.66. The molecule has 0 saturated heterocycles. The molecule has 0 spiro atoms. The van der Waals surface area contributed by atoms with Crippen molar-refractivity contribution < 1.29 is 9.26 Å². The van der Waals surface area contributed by atoms with Gasteiger partial charge >= 0.3 is 0 Å². The first kappa shape index (κ1) is 21.2. The lowest BCUT2D eigenvalue weighted by atomic mass is 9.92. The van der Waals surface area contributed by atoms with Gasteiger partial charge in [0.2, 0.25) is 5.82 Å². The fourth-order valence-corrected chi connectivity index (χ4v) is 4.09. The number of hydrogen-bond acceptors (Lipinski definition) is 5. The number of aryl methyl sites for hydroxylation is 2. The van der Waals surface area contributed by atoms with Crippen molar-refractivity contribution in [3.63, 3.8) is 0 Å². The fraction of sp³-hybridized carbons (Fsp3) is 0.292. The lowest BCUT2D eigenvalue weighted by molar-refractivity contribution is 0.183. The Balaban J connectivity index is 1.81. The van der Waals surface area contributed by atoms with Gasteiger partial charge in [-0.05, 0) is 49.7 Å². The first-order valence-electron chi connectivity index (χ1n) is 10.2. The van der Waals surface area contributed by atoms with Crippen molar-refractivity contribution in [1.82, 2.24) is 20.4 Å². The molecule has 1 N–H and O–H groups in total. The summed E-state index contributed by atoms with van der Waals surface area (Å²) in [6, 6.07) is 16.1. The molecule has 1 aliphatic heterocycles. The van der Waals surface area contributed by atoms with Gasteiger partial charge in [-0.15, -0.1) is 0 Å². The second kappa shape index (κ2) is 8.99. The van der Waals surface area contributed by atoms with Crippen LogP contribution in [0.5, 0.6) is 0 Å². The normalized spacial score (nSPS) is 16.6. The number of benzene rings is 2. The van der Waals surface area contributed by atoms with Crippen molar-refractivity contribution in [2.45, 2.75) is 26.8 Å². The van der Waals surface area contributed by atoms with Crippen molar-refractivity contribution in [3.8, 4) is 11.4 Å². The standard InChI is InChI=1S/C24H26N4O2S/c1-15-10-11-19(14-16(15)2)21-20(17(3)28(12-13-29-4)24(31)25-21)23-26-22(27-30-23)18-8-6-5-7-9-18/h5-11,14,21H,12-13H2,1-4H3,(H,25,31). The highest BCUT2D eigenvalue weighted by Gasteiger charge is 2.34. The summed E-state index contributed by atoms with van der Waals surface area (Å²) in [5.74, 6) is 1.04. The molecule has 1 atom stereocenters. The van der Waals surface area contributed by atoms with Gasteiger partial charge in [0.15, 0.2) is 5.11 Å². The summed E-state index contributed by atoms with van der Waals surface area (Å²) in [6.07, 6.45) is 0.